The van der Waals surface area contributed by atoms with E-state index in [1.165, 1.54) is 19.3 Å². The Morgan fingerprint density at radius 1 is 1.19 bits per heavy atom. The molecule has 1 fully saturated rings. The molecule has 0 bridgehead atoms. The molecule has 0 saturated carbocycles. The highest BCUT2D eigenvalue weighted by atomic mass is 16.6. The highest BCUT2D eigenvalue weighted by Gasteiger charge is 2.50. The lowest BCUT2D eigenvalue weighted by Gasteiger charge is -2.17. The maximum Gasteiger partial charge on any atom is 0.167 e. The predicted molar refractivity (Wildman–Crippen MR) is 95.8 cm³/mol. The van der Waals surface area contributed by atoms with E-state index in [1.54, 1.807) is 12.1 Å². The number of aliphatic hydroxyl groups excluding tert-OH is 2. The SMILES string of the molecule is COc1cc(O)c2c(c1)[C@H]1O[C@@H]1[C@H](O)[C@H](O)CC(=O)/C=C\C[C@H](C)CC2=O. The Kier molecular flexibility index (Phi) is 5.64. The molecule has 0 radical (unpaired) electrons. The number of ketones is 2. The number of Topliss-reactive ketones (excluding diaryl/α,β-unsaturated/α-hetero) is 1. The van der Waals surface area contributed by atoms with Gasteiger partial charge < -0.3 is 24.8 Å². The van der Waals surface area contributed by atoms with Crippen LogP contribution in [0.15, 0.2) is 24.3 Å². The molecule has 1 aromatic rings. The quantitative estimate of drug-likeness (QED) is 0.639. The summed E-state index contributed by atoms with van der Waals surface area (Å²) in [6.45, 7) is 1.88. The third-order valence-electron chi connectivity index (χ3n) is 4.99. The van der Waals surface area contributed by atoms with Crippen molar-refractivity contribution in [2.45, 2.75) is 50.6 Å². The van der Waals surface area contributed by atoms with Crippen molar-refractivity contribution < 1.29 is 34.4 Å². The van der Waals surface area contributed by atoms with Gasteiger partial charge in [0, 0.05) is 24.5 Å². The first-order chi connectivity index (χ1) is 12.8. The molecule has 0 spiro atoms. The first-order valence-corrected chi connectivity index (χ1v) is 8.96. The summed E-state index contributed by atoms with van der Waals surface area (Å²) in [5.74, 6) is -0.433. The van der Waals surface area contributed by atoms with Crippen molar-refractivity contribution in [3.8, 4) is 11.5 Å². The fourth-order valence-corrected chi connectivity index (χ4v) is 3.45. The zero-order chi connectivity index (χ0) is 19.7. The molecule has 1 aliphatic carbocycles. The van der Waals surface area contributed by atoms with Crippen LogP contribution in [0.1, 0.15) is 48.2 Å². The number of rotatable bonds is 1. The van der Waals surface area contributed by atoms with Crippen LogP contribution < -0.4 is 4.74 Å². The van der Waals surface area contributed by atoms with E-state index in [2.05, 4.69) is 0 Å². The number of ether oxygens (including phenoxy) is 2. The minimum absolute atomic E-state index is 0.0368. The van der Waals surface area contributed by atoms with Crippen molar-refractivity contribution in [2.24, 2.45) is 5.92 Å². The molecule has 1 saturated heterocycles. The summed E-state index contributed by atoms with van der Waals surface area (Å²) in [5, 5.41) is 30.8. The second-order valence-electron chi connectivity index (χ2n) is 7.23. The van der Waals surface area contributed by atoms with E-state index in [4.69, 9.17) is 9.47 Å². The molecule has 1 heterocycles. The van der Waals surface area contributed by atoms with E-state index in [1.807, 2.05) is 6.92 Å². The molecule has 1 aliphatic heterocycles. The van der Waals surface area contributed by atoms with Gasteiger partial charge in [-0.15, -0.1) is 0 Å². The zero-order valence-electron chi connectivity index (χ0n) is 15.3. The Labute approximate surface area is 157 Å². The largest absolute Gasteiger partial charge is 0.507 e. The van der Waals surface area contributed by atoms with Crippen LogP contribution in [0.5, 0.6) is 11.5 Å². The van der Waals surface area contributed by atoms with Gasteiger partial charge in [0.25, 0.3) is 0 Å². The number of aliphatic hydroxyl groups is 2. The van der Waals surface area contributed by atoms with Gasteiger partial charge in [0.2, 0.25) is 0 Å². The smallest absolute Gasteiger partial charge is 0.167 e. The normalized spacial score (nSPS) is 32.8. The molecule has 3 rings (SSSR count). The number of phenolic OH excluding ortho intramolecular Hbond substituents is 1. The minimum atomic E-state index is -1.29. The van der Waals surface area contributed by atoms with Gasteiger partial charge in [-0.1, -0.05) is 13.0 Å². The first-order valence-electron chi connectivity index (χ1n) is 8.96. The number of carbonyl (C=O) groups excluding carboxylic acids is 2. The Bertz CT molecular complexity index is 770. The molecular formula is C20H24O7. The Morgan fingerprint density at radius 3 is 2.63 bits per heavy atom. The van der Waals surface area contributed by atoms with E-state index >= 15 is 0 Å². The Balaban J connectivity index is 2.00. The second-order valence-corrected chi connectivity index (χ2v) is 7.23. The van der Waals surface area contributed by atoms with Gasteiger partial charge in [0.1, 0.15) is 29.8 Å². The molecule has 2 aliphatic rings. The van der Waals surface area contributed by atoms with Crippen molar-refractivity contribution in [3.63, 3.8) is 0 Å². The summed E-state index contributed by atoms with van der Waals surface area (Å²) >= 11 is 0. The van der Waals surface area contributed by atoms with Crippen LogP contribution in [0, 0.1) is 5.92 Å². The number of hydrogen-bond donors (Lipinski definition) is 3. The van der Waals surface area contributed by atoms with Gasteiger partial charge in [-0.2, -0.15) is 0 Å². The molecule has 7 heteroatoms. The van der Waals surface area contributed by atoms with E-state index in [0.717, 1.165) is 0 Å². The third-order valence-corrected chi connectivity index (χ3v) is 4.99. The van der Waals surface area contributed by atoms with E-state index < -0.39 is 24.4 Å². The van der Waals surface area contributed by atoms with Crippen LogP contribution in [0.3, 0.4) is 0 Å². The van der Waals surface area contributed by atoms with E-state index in [9.17, 15) is 24.9 Å². The highest BCUT2D eigenvalue weighted by molar-refractivity contribution is 6.00. The summed E-state index contributed by atoms with van der Waals surface area (Å²) in [5.41, 5.74) is 0.563. The maximum absolute atomic E-state index is 12.8. The lowest BCUT2D eigenvalue weighted by atomic mass is 9.90. The lowest BCUT2D eigenvalue weighted by Crippen LogP contribution is -2.33. The van der Waals surface area contributed by atoms with Crippen LogP contribution in [-0.4, -0.2) is 52.3 Å². The van der Waals surface area contributed by atoms with E-state index in [0.29, 0.717) is 17.7 Å². The summed E-state index contributed by atoms with van der Waals surface area (Å²) in [6.07, 6.45) is -0.497. The molecule has 0 aromatic heterocycles. The zero-order valence-corrected chi connectivity index (χ0v) is 15.3. The van der Waals surface area contributed by atoms with E-state index in [-0.39, 0.29) is 41.6 Å². The van der Waals surface area contributed by atoms with Crippen molar-refractivity contribution in [2.75, 3.05) is 7.11 Å². The maximum atomic E-state index is 12.8. The molecule has 5 atom stereocenters. The standard InChI is InChI=1S/C20H24O7/c1-10-4-3-5-11(21)7-16(24)18(25)20-19(27-20)13-8-12(26-2)9-15(23)17(13)14(22)6-10/h3,5,8-10,16,18-20,23-25H,4,6-7H2,1-2H3/b5-3-/t10-,16+,18+,19+,20+/m0/s1. The lowest BCUT2D eigenvalue weighted by molar-refractivity contribution is -0.118. The molecule has 1 aromatic carbocycles. The minimum Gasteiger partial charge on any atom is -0.507 e. The van der Waals surface area contributed by atoms with Gasteiger partial charge in [0.15, 0.2) is 11.6 Å². The summed E-state index contributed by atoms with van der Waals surface area (Å²) in [6, 6.07) is 2.96. The van der Waals surface area contributed by atoms with Crippen molar-refractivity contribution in [3.05, 3.63) is 35.4 Å². The number of benzene rings is 1. The molecule has 146 valence electrons. The fourth-order valence-electron chi connectivity index (χ4n) is 3.45. The van der Waals surface area contributed by atoms with Crippen molar-refractivity contribution in [1.29, 1.82) is 0 Å². The summed E-state index contributed by atoms with van der Waals surface area (Å²) in [4.78, 5) is 24.7. The molecule has 27 heavy (non-hydrogen) atoms. The fraction of sp³-hybridized carbons (Fsp3) is 0.500. The number of aromatic hydroxyl groups is 1. The van der Waals surface area contributed by atoms with Gasteiger partial charge in [-0.3, -0.25) is 9.59 Å². The number of hydrogen-bond acceptors (Lipinski definition) is 7. The molecule has 7 nitrogen and oxygen atoms in total. The van der Waals surface area contributed by atoms with Crippen LogP contribution in [-0.2, 0) is 9.53 Å². The summed E-state index contributed by atoms with van der Waals surface area (Å²) < 4.78 is 10.7. The average molecular weight is 376 g/mol. The van der Waals surface area contributed by atoms with Gasteiger partial charge in [-0.05, 0) is 24.5 Å². The monoisotopic (exact) mass is 376 g/mol. The van der Waals surface area contributed by atoms with Crippen LogP contribution in [0.4, 0.5) is 0 Å². The van der Waals surface area contributed by atoms with Gasteiger partial charge in [-0.25, -0.2) is 0 Å². The third kappa shape index (κ3) is 4.21. The number of phenols is 1. The van der Waals surface area contributed by atoms with Crippen LogP contribution in [0.25, 0.3) is 0 Å². The first kappa shape index (κ1) is 19.5. The van der Waals surface area contributed by atoms with Crippen LogP contribution >= 0.6 is 0 Å². The number of allylic oxidation sites excluding steroid dienone is 2. The summed E-state index contributed by atoms with van der Waals surface area (Å²) in [7, 11) is 1.44. The topological polar surface area (TPSA) is 117 Å². The van der Waals surface area contributed by atoms with Crippen molar-refractivity contribution >= 4 is 11.6 Å². The molecule has 0 unspecified atom stereocenters. The molecule has 0 amide bonds. The van der Waals surface area contributed by atoms with Crippen LogP contribution in [0.2, 0.25) is 0 Å². The van der Waals surface area contributed by atoms with Gasteiger partial charge >= 0.3 is 0 Å². The van der Waals surface area contributed by atoms with Gasteiger partial charge in [0.05, 0.1) is 18.8 Å². The average Bonchev–Trinajstić information content (AvgIpc) is 3.39. The highest BCUT2D eigenvalue weighted by Crippen LogP contribution is 2.46. The number of methoxy groups -OCH3 is 1. The molecule has 3 N–H and O–H groups in total. The molecular weight excluding hydrogens is 352 g/mol. The second kappa shape index (κ2) is 7.80. The number of carbonyl (C=O) groups is 2. The van der Waals surface area contributed by atoms with Crippen molar-refractivity contribution in [1.82, 2.24) is 0 Å². The number of epoxide rings is 1. The Morgan fingerprint density at radius 2 is 1.93 bits per heavy atom. The Hall–Kier alpha value is -2.22. The number of fused-ring (bicyclic) bond motifs is 3. The predicted octanol–water partition coefficient (Wildman–Crippen LogP) is 1.69.